The Bertz CT molecular complexity index is 648. The third-order valence-corrected chi connectivity index (χ3v) is 2.72. The highest BCUT2D eigenvalue weighted by Gasteiger charge is 2.12. The van der Waals surface area contributed by atoms with Crippen LogP contribution < -0.4 is 20.7 Å². The number of aromatic nitrogens is 1. The molecule has 2 aromatic rings. The number of nitrogens with one attached hydrogen (secondary N) is 1. The van der Waals surface area contributed by atoms with E-state index in [-0.39, 0.29) is 12.3 Å². The molecule has 21 heavy (non-hydrogen) atoms. The number of hydrogen-bond donors (Lipinski definition) is 2. The number of nitro benzene ring substituents is 1. The fraction of sp³-hybridized carbons (Fsp3) is 0.154. The molecule has 0 saturated heterocycles. The lowest BCUT2D eigenvalue weighted by Crippen LogP contribution is -2.09. The smallest absolute Gasteiger partial charge is 0.273 e. The van der Waals surface area contributed by atoms with Gasteiger partial charge in [0.25, 0.3) is 5.69 Å². The lowest BCUT2D eigenvalue weighted by Gasteiger charge is -2.10. The topological polar surface area (TPSA) is 113 Å². The predicted octanol–water partition coefficient (Wildman–Crippen LogP) is 1.86. The molecule has 2 rings (SSSR count). The molecule has 8 heteroatoms. The molecule has 0 unspecified atom stereocenters. The molecule has 0 spiro atoms. The van der Waals surface area contributed by atoms with Gasteiger partial charge in [0.2, 0.25) is 0 Å². The van der Waals surface area contributed by atoms with Crippen molar-refractivity contribution in [2.75, 3.05) is 12.5 Å². The Hall–Kier alpha value is -2.87. The van der Waals surface area contributed by atoms with Gasteiger partial charge < -0.3 is 14.9 Å². The summed E-state index contributed by atoms with van der Waals surface area (Å²) in [5.41, 5.74) is 3.18. The minimum Gasteiger partial charge on any atom is -0.493 e. The van der Waals surface area contributed by atoms with Crippen LogP contribution in [0.5, 0.6) is 11.5 Å². The Morgan fingerprint density at radius 3 is 2.81 bits per heavy atom. The summed E-state index contributed by atoms with van der Waals surface area (Å²) in [6.07, 6.45) is 1.58. The van der Waals surface area contributed by atoms with Gasteiger partial charge in [-0.25, -0.2) is 10.8 Å². The van der Waals surface area contributed by atoms with Crippen LogP contribution in [0.3, 0.4) is 0 Å². The number of nitrogens with two attached hydrogens (primary N) is 1. The zero-order valence-corrected chi connectivity index (χ0v) is 11.3. The molecule has 1 heterocycles. The van der Waals surface area contributed by atoms with Crippen molar-refractivity contribution in [1.29, 1.82) is 0 Å². The van der Waals surface area contributed by atoms with Crippen LogP contribution >= 0.6 is 0 Å². The molecule has 0 amide bonds. The molecule has 0 fully saturated rings. The highest BCUT2D eigenvalue weighted by atomic mass is 16.6. The summed E-state index contributed by atoms with van der Waals surface area (Å²) in [5, 5.41) is 10.8. The number of methoxy groups -OCH3 is 1. The molecule has 0 atom stereocenters. The first-order chi connectivity index (χ1) is 10.1. The van der Waals surface area contributed by atoms with E-state index in [0.29, 0.717) is 17.3 Å². The molecule has 0 saturated carbocycles. The summed E-state index contributed by atoms with van der Waals surface area (Å²) >= 11 is 0. The predicted molar refractivity (Wildman–Crippen MR) is 76.0 cm³/mol. The van der Waals surface area contributed by atoms with E-state index in [2.05, 4.69) is 10.4 Å². The van der Waals surface area contributed by atoms with Crippen LogP contribution in [-0.2, 0) is 6.61 Å². The third kappa shape index (κ3) is 3.57. The third-order valence-electron chi connectivity index (χ3n) is 2.72. The van der Waals surface area contributed by atoms with Crippen molar-refractivity contribution in [3.05, 3.63) is 52.2 Å². The van der Waals surface area contributed by atoms with Gasteiger partial charge in [0, 0.05) is 12.3 Å². The van der Waals surface area contributed by atoms with Crippen molar-refractivity contribution in [3.63, 3.8) is 0 Å². The fourth-order valence-electron chi connectivity index (χ4n) is 1.70. The van der Waals surface area contributed by atoms with Gasteiger partial charge in [-0.05, 0) is 23.8 Å². The molecule has 1 aromatic carbocycles. The van der Waals surface area contributed by atoms with E-state index in [4.69, 9.17) is 15.3 Å². The van der Waals surface area contributed by atoms with E-state index < -0.39 is 4.92 Å². The SMILES string of the molecule is COc1ccc([N+](=O)[O-])cc1OCc1ccnc(NN)c1. The monoisotopic (exact) mass is 290 g/mol. The minimum absolute atomic E-state index is 0.0650. The number of non-ortho nitro benzene ring substituents is 1. The first kappa shape index (κ1) is 14.5. The normalized spacial score (nSPS) is 10.0. The van der Waals surface area contributed by atoms with Gasteiger partial charge in [-0.15, -0.1) is 0 Å². The van der Waals surface area contributed by atoms with Gasteiger partial charge in [-0.1, -0.05) is 0 Å². The maximum Gasteiger partial charge on any atom is 0.273 e. The van der Waals surface area contributed by atoms with E-state index in [1.165, 1.54) is 25.3 Å². The number of ether oxygens (including phenoxy) is 2. The van der Waals surface area contributed by atoms with Crippen LogP contribution in [0.1, 0.15) is 5.56 Å². The van der Waals surface area contributed by atoms with Gasteiger partial charge in [-0.2, -0.15) is 0 Å². The van der Waals surface area contributed by atoms with Crippen molar-refractivity contribution < 1.29 is 14.4 Å². The quantitative estimate of drug-likeness (QED) is 0.474. The van der Waals surface area contributed by atoms with Crippen LogP contribution in [0.4, 0.5) is 11.5 Å². The van der Waals surface area contributed by atoms with E-state index in [1.54, 1.807) is 18.3 Å². The number of benzene rings is 1. The van der Waals surface area contributed by atoms with Gasteiger partial charge in [0.05, 0.1) is 18.1 Å². The van der Waals surface area contributed by atoms with Crippen molar-refractivity contribution in [1.82, 2.24) is 4.98 Å². The number of anilines is 1. The number of nitro groups is 1. The largest absolute Gasteiger partial charge is 0.493 e. The number of pyridine rings is 1. The first-order valence-electron chi connectivity index (χ1n) is 6.01. The number of rotatable bonds is 6. The molecule has 0 aliphatic carbocycles. The second-order valence-electron chi connectivity index (χ2n) is 4.07. The van der Waals surface area contributed by atoms with Gasteiger partial charge in [0.15, 0.2) is 11.5 Å². The lowest BCUT2D eigenvalue weighted by atomic mass is 10.2. The average Bonchev–Trinajstić information content (AvgIpc) is 2.52. The summed E-state index contributed by atoms with van der Waals surface area (Å²) < 4.78 is 10.7. The Balaban J connectivity index is 2.17. The molecule has 3 N–H and O–H groups in total. The molecule has 0 bridgehead atoms. The molecule has 0 aliphatic heterocycles. The van der Waals surface area contributed by atoms with Gasteiger partial charge >= 0.3 is 0 Å². The van der Waals surface area contributed by atoms with Crippen LogP contribution in [0.15, 0.2) is 36.5 Å². The number of hydrogen-bond acceptors (Lipinski definition) is 7. The maximum atomic E-state index is 10.8. The number of hydrazine groups is 1. The molecule has 8 nitrogen and oxygen atoms in total. The van der Waals surface area contributed by atoms with Crippen LogP contribution in [0.25, 0.3) is 0 Å². The second-order valence-corrected chi connectivity index (χ2v) is 4.07. The van der Waals surface area contributed by atoms with Crippen molar-refractivity contribution in [3.8, 4) is 11.5 Å². The first-order valence-corrected chi connectivity index (χ1v) is 6.01. The van der Waals surface area contributed by atoms with Crippen molar-refractivity contribution >= 4 is 11.5 Å². The summed E-state index contributed by atoms with van der Waals surface area (Å²) in [6.45, 7) is 0.203. The average molecular weight is 290 g/mol. The lowest BCUT2D eigenvalue weighted by molar-refractivity contribution is -0.385. The Kier molecular flexibility index (Phi) is 4.52. The minimum atomic E-state index is -0.491. The molecule has 1 aromatic heterocycles. The number of nitrogens with zero attached hydrogens (tertiary/aromatic N) is 2. The summed E-state index contributed by atoms with van der Waals surface area (Å²) in [5.74, 6) is 6.50. The van der Waals surface area contributed by atoms with Crippen LogP contribution in [0.2, 0.25) is 0 Å². The zero-order valence-electron chi connectivity index (χ0n) is 11.3. The Morgan fingerprint density at radius 2 is 2.14 bits per heavy atom. The molecule has 110 valence electrons. The highest BCUT2D eigenvalue weighted by molar-refractivity contribution is 5.48. The maximum absolute atomic E-state index is 10.8. The Morgan fingerprint density at radius 1 is 1.33 bits per heavy atom. The molecular weight excluding hydrogens is 276 g/mol. The van der Waals surface area contributed by atoms with Gasteiger partial charge in [0.1, 0.15) is 12.4 Å². The zero-order chi connectivity index (χ0) is 15.2. The highest BCUT2D eigenvalue weighted by Crippen LogP contribution is 2.31. The van der Waals surface area contributed by atoms with E-state index >= 15 is 0 Å². The standard InChI is InChI=1S/C13H14N4O4/c1-20-11-3-2-10(17(18)19)7-12(11)21-8-9-4-5-15-13(6-9)16-14/h2-7H,8,14H2,1H3,(H,15,16). The van der Waals surface area contributed by atoms with Crippen molar-refractivity contribution in [2.24, 2.45) is 5.84 Å². The van der Waals surface area contributed by atoms with Crippen LogP contribution in [0, 0.1) is 10.1 Å². The summed E-state index contributed by atoms with van der Waals surface area (Å²) in [4.78, 5) is 14.3. The summed E-state index contributed by atoms with van der Waals surface area (Å²) in [6, 6.07) is 7.64. The van der Waals surface area contributed by atoms with Crippen LogP contribution in [-0.4, -0.2) is 17.0 Å². The van der Waals surface area contributed by atoms with Gasteiger partial charge in [-0.3, -0.25) is 10.1 Å². The molecular formula is C13H14N4O4. The molecule has 0 aliphatic rings. The van der Waals surface area contributed by atoms with E-state index in [0.717, 1.165) is 5.56 Å². The molecule has 0 radical (unpaired) electrons. The number of nitrogen functional groups attached to an aromatic ring is 1. The second kappa shape index (κ2) is 6.53. The van der Waals surface area contributed by atoms with Crippen molar-refractivity contribution in [2.45, 2.75) is 6.61 Å². The fourth-order valence-corrected chi connectivity index (χ4v) is 1.70. The van der Waals surface area contributed by atoms with E-state index in [1.807, 2.05) is 0 Å². The summed E-state index contributed by atoms with van der Waals surface area (Å²) in [7, 11) is 1.47. The van der Waals surface area contributed by atoms with E-state index in [9.17, 15) is 10.1 Å². The Labute approximate surface area is 120 Å².